The third-order valence-corrected chi connectivity index (χ3v) is 6.99. The van der Waals surface area contributed by atoms with Crippen LogP contribution < -0.4 is 9.62 Å². The Morgan fingerprint density at radius 3 is 2.27 bits per heavy atom. The first-order valence-corrected chi connectivity index (χ1v) is 11.6. The number of aryl methyl sites for hydroxylation is 1. The third kappa shape index (κ3) is 4.75. The molecular weight excluding hydrogens is 398 g/mol. The molecule has 2 aromatic carbocycles. The number of piperazine rings is 1. The molecule has 0 saturated carbocycles. The Morgan fingerprint density at radius 2 is 1.63 bits per heavy atom. The average molecular weight is 426 g/mol. The molecule has 0 bridgehead atoms. The van der Waals surface area contributed by atoms with Crippen molar-refractivity contribution in [3.63, 3.8) is 0 Å². The minimum absolute atomic E-state index is 0.154. The second-order valence-electron chi connectivity index (χ2n) is 7.55. The van der Waals surface area contributed by atoms with Gasteiger partial charge in [0.1, 0.15) is 5.76 Å². The number of hydrogen-bond acceptors (Lipinski definition) is 5. The Morgan fingerprint density at radius 1 is 0.933 bits per heavy atom. The molecule has 4 rings (SSSR count). The Labute approximate surface area is 178 Å². The van der Waals surface area contributed by atoms with Crippen molar-refractivity contribution in [1.82, 2.24) is 9.62 Å². The van der Waals surface area contributed by atoms with E-state index in [0.717, 1.165) is 37.5 Å². The smallest absolute Gasteiger partial charge is 0.240 e. The maximum absolute atomic E-state index is 12.8. The summed E-state index contributed by atoms with van der Waals surface area (Å²) in [6.45, 7) is 5.61. The molecule has 1 N–H and O–H groups in total. The van der Waals surface area contributed by atoms with Crippen LogP contribution in [0.1, 0.15) is 17.4 Å². The number of nitrogens with one attached hydrogen (secondary N) is 1. The number of rotatable bonds is 7. The highest BCUT2D eigenvalue weighted by Crippen LogP contribution is 2.25. The van der Waals surface area contributed by atoms with Crippen molar-refractivity contribution in [2.75, 3.05) is 37.6 Å². The first-order valence-electron chi connectivity index (χ1n) is 10.2. The van der Waals surface area contributed by atoms with E-state index in [1.165, 1.54) is 5.69 Å². The number of para-hydroxylation sites is 1. The van der Waals surface area contributed by atoms with E-state index in [1.54, 1.807) is 30.5 Å². The molecule has 2 heterocycles. The summed E-state index contributed by atoms with van der Waals surface area (Å²) in [5, 5.41) is 0. The average Bonchev–Trinajstić information content (AvgIpc) is 3.30. The number of hydrogen-bond donors (Lipinski definition) is 1. The summed E-state index contributed by atoms with van der Waals surface area (Å²) >= 11 is 0. The quantitative estimate of drug-likeness (QED) is 0.628. The van der Waals surface area contributed by atoms with Gasteiger partial charge >= 0.3 is 0 Å². The van der Waals surface area contributed by atoms with Gasteiger partial charge in [-0.15, -0.1) is 0 Å². The zero-order valence-corrected chi connectivity index (χ0v) is 17.9. The van der Waals surface area contributed by atoms with E-state index in [2.05, 4.69) is 26.7 Å². The number of furan rings is 1. The molecule has 1 fully saturated rings. The summed E-state index contributed by atoms with van der Waals surface area (Å²) in [5.74, 6) is 0.773. The van der Waals surface area contributed by atoms with Gasteiger partial charge in [-0.2, -0.15) is 0 Å². The molecule has 30 heavy (non-hydrogen) atoms. The first kappa shape index (κ1) is 20.7. The Balaban J connectivity index is 1.45. The number of anilines is 1. The predicted molar refractivity (Wildman–Crippen MR) is 118 cm³/mol. The largest absolute Gasteiger partial charge is 0.468 e. The molecule has 1 saturated heterocycles. The van der Waals surface area contributed by atoms with E-state index < -0.39 is 10.0 Å². The zero-order chi connectivity index (χ0) is 21.0. The first-order chi connectivity index (χ1) is 14.5. The molecule has 0 aliphatic carbocycles. The highest BCUT2D eigenvalue weighted by Gasteiger charge is 2.28. The highest BCUT2D eigenvalue weighted by molar-refractivity contribution is 7.89. The molecule has 6 nitrogen and oxygen atoms in total. The Kier molecular flexibility index (Phi) is 6.22. The fraction of sp³-hybridized carbons (Fsp3) is 0.304. The summed E-state index contributed by atoms with van der Waals surface area (Å²) in [6.07, 6.45) is 1.64. The van der Waals surface area contributed by atoms with Gasteiger partial charge in [0.2, 0.25) is 10.0 Å². The van der Waals surface area contributed by atoms with Crippen LogP contribution in [0.3, 0.4) is 0 Å². The Hall–Kier alpha value is -2.61. The maximum Gasteiger partial charge on any atom is 0.240 e. The van der Waals surface area contributed by atoms with E-state index in [9.17, 15) is 8.42 Å². The van der Waals surface area contributed by atoms with Crippen molar-refractivity contribution in [2.45, 2.75) is 17.9 Å². The van der Waals surface area contributed by atoms with Crippen LogP contribution >= 0.6 is 0 Å². The monoisotopic (exact) mass is 425 g/mol. The van der Waals surface area contributed by atoms with Crippen molar-refractivity contribution < 1.29 is 12.8 Å². The number of sulfonamides is 1. The lowest BCUT2D eigenvalue weighted by Gasteiger charge is -2.39. The lowest BCUT2D eigenvalue weighted by Crippen LogP contribution is -2.49. The maximum atomic E-state index is 12.8. The molecular formula is C23H27N3O3S. The van der Waals surface area contributed by atoms with Crippen LogP contribution in [0.2, 0.25) is 0 Å². The molecule has 0 amide bonds. The van der Waals surface area contributed by atoms with Gasteiger partial charge in [-0.3, -0.25) is 4.90 Å². The summed E-state index contributed by atoms with van der Waals surface area (Å²) in [5.41, 5.74) is 2.24. The molecule has 1 aromatic heterocycles. The van der Waals surface area contributed by atoms with Crippen LogP contribution in [0, 0.1) is 6.92 Å². The van der Waals surface area contributed by atoms with Crippen molar-refractivity contribution in [1.29, 1.82) is 0 Å². The lowest BCUT2D eigenvalue weighted by molar-refractivity contribution is 0.166. The molecule has 3 aromatic rings. The van der Waals surface area contributed by atoms with E-state index in [0.29, 0.717) is 0 Å². The fourth-order valence-corrected chi connectivity index (χ4v) is 4.85. The normalized spacial score (nSPS) is 16.5. The van der Waals surface area contributed by atoms with Crippen molar-refractivity contribution >= 4 is 15.7 Å². The van der Waals surface area contributed by atoms with Gasteiger partial charge in [0, 0.05) is 38.4 Å². The van der Waals surface area contributed by atoms with Gasteiger partial charge in [0.25, 0.3) is 0 Å². The van der Waals surface area contributed by atoms with Gasteiger partial charge in [0.15, 0.2) is 0 Å². The molecule has 1 aliphatic heterocycles. The number of nitrogens with zero attached hydrogens (tertiary/aromatic N) is 2. The molecule has 0 radical (unpaired) electrons. The van der Waals surface area contributed by atoms with E-state index in [1.807, 2.05) is 37.3 Å². The summed E-state index contributed by atoms with van der Waals surface area (Å²) in [7, 11) is -3.58. The molecule has 158 valence electrons. The van der Waals surface area contributed by atoms with E-state index >= 15 is 0 Å². The highest BCUT2D eigenvalue weighted by atomic mass is 32.2. The topological polar surface area (TPSA) is 65.8 Å². The van der Waals surface area contributed by atoms with Gasteiger partial charge in [-0.25, -0.2) is 13.1 Å². The van der Waals surface area contributed by atoms with Crippen molar-refractivity contribution in [2.24, 2.45) is 0 Å². The molecule has 1 unspecified atom stereocenters. The molecule has 1 aliphatic rings. The van der Waals surface area contributed by atoms with Crippen LogP contribution in [0.25, 0.3) is 0 Å². The third-order valence-electron chi connectivity index (χ3n) is 5.55. The second kappa shape index (κ2) is 9.04. The summed E-state index contributed by atoms with van der Waals surface area (Å²) in [6, 6.07) is 20.8. The van der Waals surface area contributed by atoms with Gasteiger partial charge in [-0.05, 0) is 43.3 Å². The van der Waals surface area contributed by atoms with Crippen LogP contribution in [0.5, 0.6) is 0 Å². The van der Waals surface area contributed by atoms with Crippen LogP contribution in [0.15, 0.2) is 82.3 Å². The van der Waals surface area contributed by atoms with Crippen molar-refractivity contribution in [3.05, 3.63) is 84.3 Å². The standard InChI is InChI=1S/C23H27N3O3S/c1-19-9-11-21(12-10-19)30(27,28)24-18-22(23-8-5-17-29-23)26-15-13-25(14-16-26)20-6-3-2-4-7-20/h2-12,17,22,24H,13-16,18H2,1H3. The molecule has 1 atom stereocenters. The van der Waals surface area contributed by atoms with Crippen molar-refractivity contribution in [3.8, 4) is 0 Å². The molecule has 7 heteroatoms. The summed E-state index contributed by atoms with van der Waals surface area (Å²) in [4.78, 5) is 4.92. The van der Waals surface area contributed by atoms with Gasteiger partial charge in [0.05, 0.1) is 17.2 Å². The van der Waals surface area contributed by atoms with Gasteiger partial charge in [-0.1, -0.05) is 35.9 Å². The van der Waals surface area contributed by atoms with Crippen LogP contribution in [-0.2, 0) is 10.0 Å². The minimum Gasteiger partial charge on any atom is -0.468 e. The summed E-state index contributed by atoms with van der Waals surface area (Å²) < 4.78 is 34.0. The van der Waals surface area contributed by atoms with E-state index in [4.69, 9.17) is 4.42 Å². The Bertz CT molecular complexity index is 1030. The molecule has 0 spiro atoms. The number of benzene rings is 2. The van der Waals surface area contributed by atoms with E-state index in [-0.39, 0.29) is 17.5 Å². The van der Waals surface area contributed by atoms with Crippen LogP contribution in [-0.4, -0.2) is 46.0 Å². The van der Waals surface area contributed by atoms with Crippen LogP contribution in [0.4, 0.5) is 5.69 Å². The van der Waals surface area contributed by atoms with Gasteiger partial charge < -0.3 is 9.32 Å². The fourth-order valence-electron chi connectivity index (χ4n) is 3.81. The lowest BCUT2D eigenvalue weighted by atomic mass is 10.1. The minimum atomic E-state index is -3.58. The SMILES string of the molecule is Cc1ccc(S(=O)(=O)NCC(c2ccco2)N2CCN(c3ccccc3)CC2)cc1. The zero-order valence-electron chi connectivity index (χ0n) is 17.1. The second-order valence-corrected chi connectivity index (χ2v) is 9.32. The predicted octanol–water partition coefficient (Wildman–Crippen LogP) is 3.43.